The third kappa shape index (κ3) is 21.6. The highest BCUT2D eigenvalue weighted by Crippen LogP contribution is 2.26. The lowest BCUT2D eigenvalue weighted by atomic mass is 9.94. The molecule has 0 spiro atoms. The van der Waals surface area contributed by atoms with Gasteiger partial charge in [0.2, 0.25) is 11.8 Å². The Morgan fingerprint density at radius 1 is 0.580 bits per heavy atom. The highest BCUT2D eigenvalue weighted by Gasteiger charge is 2.48. The van der Waals surface area contributed by atoms with E-state index in [0.29, 0.717) is 13.0 Å². The van der Waals surface area contributed by atoms with E-state index in [2.05, 4.69) is 19.2 Å². The Kier molecular flexibility index (Phi) is 28.5. The fourth-order valence-corrected chi connectivity index (χ4v) is 6.95. The van der Waals surface area contributed by atoms with Crippen molar-refractivity contribution in [1.29, 1.82) is 0 Å². The van der Waals surface area contributed by atoms with Crippen LogP contribution in [0.15, 0.2) is 0 Å². The van der Waals surface area contributed by atoms with Crippen molar-refractivity contribution in [2.24, 2.45) is 0 Å². The van der Waals surface area contributed by atoms with Gasteiger partial charge in [0.15, 0.2) is 6.23 Å². The van der Waals surface area contributed by atoms with Crippen LogP contribution in [0.4, 0.5) is 0 Å². The fourth-order valence-electron chi connectivity index (χ4n) is 6.95. The van der Waals surface area contributed by atoms with Crippen LogP contribution < -0.4 is 5.32 Å². The monoisotopic (exact) mass is 713 g/mol. The molecule has 5 N–H and O–H groups in total. The van der Waals surface area contributed by atoms with Crippen molar-refractivity contribution < 1.29 is 39.5 Å². The number of aliphatic hydroxyl groups is 3. The van der Waals surface area contributed by atoms with Gasteiger partial charge in [0, 0.05) is 19.4 Å². The second-order valence-corrected chi connectivity index (χ2v) is 14.7. The third-order valence-corrected chi connectivity index (χ3v) is 10.2. The predicted molar refractivity (Wildman–Crippen MR) is 200 cm³/mol. The topological polar surface area (TPSA) is 157 Å². The average molecular weight is 713 g/mol. The molecule has 1 rings (SSSR count). The first-order valence-electron chi connectivity index (χ1n) is 20.7. The van der Waals surface area contributed by atoms with Gasteiger partial charge in [-0.05, 0) is 12.8 Å². The van der Waals surface area contributed by atoms with Gasteiger partial charge in [0.05, 0.1) is 13.0 Å². The fraction of sp³-hybridized carbons (Fsp3) is 0.925. The number of carboxylic acids is 1. The van der Waals surface area contributed by atoms with E-state index in [1.54, 1.807) is 4.90 Å². The molecule has 50 heavy (non-hydrogen) atoms. The quantitative estimate of drug-likeness (QED) is 0.0432. The summed E-state index contributed by atoms with van der Waals surface area (Å²) < 4.78 is 6.03. The number of rotatable bonds is 33. The van der Waals surface area contributed by atoms with Crippen LogP contribution in [-0.4, -0.2) is 86.8 Å². The van der Waals surface area contributed by atoms with E-state index in [9.17, 15) is 29.7 Å². The van der Waals surface area contributed by atoms with E-state index in [1.165, 1.54) is 109 Å². The molecule has 1 aliphatic heterocycles. The van der Waals surface area contributed by atoms with Gasteiger partial charge in [0.1, 0.15) is 24.4 Å². The summed E-state index contributed by atoms with van der Waals surface area (Å²) in [6.07, 6.45) is 24.3. The summed E-state index contributed by atoms with van der Waals surface area (Å²) in [7, 11) is 0. The number of nitrogens with zero attached hydrogens (tertiary/aromatic N) is 1. The summed E-state index contributed by atoms with van der Waals surface area (Å²) >= 11 is 0. The van der Waals surface area contributed by atoms with Crippen molar-refractivity contribution in [2.45, 2.75) is 224 Å². The molecule has 294 valence electrons. The van der Waals surface area contributed by atoms with Crippen LogP contribution in [-0.2, 0) is 19.1 Å². The number of aliphatic hydroxyl groups excluding tert-OH is 3. The minimum absolute atomic E-state index is 0.149. The molecule has 0 aromatic rings. The zero-order valence-corrected chi connectivity index (χ0v) is 32.0. The van der Waals surface area contributed by atoms with Gasteiger partial charge >= 0.3 is 5.97 Å². The maximum absolute atomic E-state index is 13.7. The first-order valence-corrected chi connectivity index (χ1v) is 20.7. The number of carbonyl (C=O) groups is 3. The zero-order chi connectivity index (χ0) is 36.8. The lowest BCUT2D eigenvalue weighted by Gasteiger charge is -2.47. The zero-order valence-electron chi connectivity index (χ0n) is 32.0. The molecule has 0 radical (unpaired) electrons. The van der Waals surface area contributed by atoms with E-state index >= 15 is 0 Å². The average Bonchev–Trinajstić information content (AvgIpc) is 3.10. The molecule has 10 nitrogen and oxygen atoms in total. The summed E-state index contributed by atoms with van der Waals surface area (Å²) in [5.74, 6) is -1.89. The van der Waals surface area contributed by atoms with Crippen molar-refractivity contribution in [2.75, 3.05) is 13.2 Å². The SMILES string of the molecule is CCCCCCCCCCCCCCCCCCN(C(=O)CCCCCCCCCCC)[C@@H]1O[C@H](CO)[C@@H](O)[C@H](O)[C@H]1NC(=O)CCC(=O)O. The standard InChI is InChI=1S/C40H76N2O8/c1-3-5-7-9-11-13-14-15-16-17-18-19-21-23-25-27-31-42(35(45)28-26-24-22-20-12-10-8-6-4-2)40-37(41-34(44)29-30-36(46)47)39(49)38(48)33(32-43)50-40/h33,37-40,43,48-49H,3-32H2,1-2H3,(H,41,44)(H,46,47)/t33-,37-,38-,39-,40-/m1/s1. The van der Waals surface area contributed by atoms with Gasteiger partial charge in [-0.15, -0.1) is 0 Å². The maximum atomic E-state index is 13.7. The molecule has 10 heteroatoms. The third-order valence-electron chi connectivity index (χ3n) is 10.2. The van der Waals surface area contributed by atoms with Crippen molar-refractivity contribution in [1.82, 2.24) is 10.2 Å². The van der Waals surface area contributed by atoms with Gasteiger partial charge in [-0.1, -0.05) is 162 Å². The number of aliphatic carboxylic acids is 1. The Morgan fingerprint density at radius 3 is 1.42 bits per heavy atom. The molecule has 0 saturated carbocycles. The molecule has 0 aliphatic carbocycles. The molecule has 2 amide bonds. The van der Waals surface area contributed by atoms with Crippen molar-refractivity contribution in [3.05, 3.63) is 0 Å². The second-order valence-electron chi connectivity index (χ2n) is 14.7. The second kappa shape index (κ2) is 30.8. The highest BCUT2D eigenvalue weighted by molar-refractivity contribution is 5.81. The molecular weight excluding hydrogens is 636 g/mol. The molecule has 1 aliphatic rings. The summed E-state index contributed by atoms with van der Waals surface area (Å²) in [6.45, 7) is 4.27. The molecule has 5 atom stereocenters. The number of carboxylic acid groups (broad SMARTS) is 1. The minimum Gasteiger partial charge on any atom is -0.481 e. The Bertz CT molecular complexity index is 859. The van der Waals surface area contributed by atoms with Crippen LogP contribution in [0.3, 0.4) is 0 Å². The Labute approximate surface area is 304 Å². The number of ether oxygens (including phenoxy) is 1. The molecule has 0 aromatic heterocycles. The Balaban J connectivity index is 2.66. The van der Waals surface area contributed by atoms with Crippen LogP contribution in [0.2, 0.25) is 0 Å². The first kappa shape index (κ1) is 46.3. The predicted octanol–water partition coefficient (Wildman–Crippen LogP) is 7.79. The largest absolute Gasteiger partial charge is 0.481 e. The van der Waals surface area contributed by atoms with E-state index in [4.69, 9.17) is 9.84 Å². The van der Waals surface area contributed by atoms with Crippen LogP contribution in [0.5, 0.6) is 0 Å². The number of nitrogens with one attached hydrogen (secondary N) is 1. The molecule has 0 bridgehead atoms. The van der Waals surface area contributed by atoms with E-state index in [1.807, 2.05) is 0 Å². The molecule has 0 unspecified atom stereocenters. The van der Waals surface area contributed by atoms with Crippen LogP contribution in [0.1, 0.15) is 194 Å². The number of unbranched alkanes of at least 4 members (excludes halogenated alkanes) is 23. The van der Waals surface area contributed by atoms with Crippen LogP contribution in [0, 0.1) is 0 Å². The summed E-state index contributed by atoms with van der Waals surface area (Å²) in [6, 6.07) is -1.16. The first-order chi connectivity index (χ1) is 24.3. The minimum atomic E-state index is -1.51. The number of amides is 2. The summed E-state index contributed by atoms with van der Waals surface area (Å²) in [5.41, 5.74) is 0. The molecular formula is C40H76N2O8. The highest BCUT2D eigenvalue weighted by atomic mass is 16.5. The number of carbonyl (C=O) groups excluding carboxylic acids is 2. The maximum Gasteiger partial charge on any atom is 0.303 e. The lowest BCUT2D eigenvalue weighted by molar-refractivity contribution is -0.231. The molecule has 1 heterocycles. The number of hydrogen-bond acceptors (Lipinski definition) is 7. The van der Waals surface area contributed by atoms with Gasteiger partial charge in [-0.2, -0.15) is 0 Å². The molecule has 0 aromatic carbocycles. The Morgan fingerprint density at radius 2 is 1.00 bits per heavy atom. The van der Waals surface area contributed by atoms with E-state index in [0.717, 1.165) is 51.4 Å². The summed E-state index contributed by atoms with van der Waals surface area (Å²) in [5, 5.41) is 43.2. The molecule has 1 saturated heterocycles. The van der Waals surface area contributed by atoms with Crippen LogP contribution in [0.25, 0.3) is 0 Å². The number of hydrogen-bond donors (Lipinski definition) is 5. The normalized spacial score (nSPS) is 20.5. The van der Waals surface area contributed by atoms with Gasteiger partial charge in [0.25, 0.3) is 0 Å². The van der Waals surface area contributed by atoms with Gasteiger partial charge in [-0.25, -0.2) is 0 Å². The summed E-state index contributed by atoms with van der Waals surface area (Å²) in [4.78, 5) is 39.0. The van der Waals surface area contributed by atoms with Crippen molar-refractivity contribution >= 4 is 17.8 Å². The lowest BCUT2D eigenvalue weighted by Crippen LogP contribution is -2.68. The Hall–Kier alpha value is -1.75. The van der Waals surface area contributed by atoms with E-state index < -0.39 is 49.1 Å². The van der Waals surface area contributed by atoms with E-state index in [-0.39, 0.29) is 18.7 Å². The molecule has 1 fully saturated rings. The van der Waals surface area contributed by atoms with Gasteiger partial charge in [-0.3, -0.25) is 14.4 Å². The van der Waals surface area contributed by atoms with Crippen molar-refractivity contribution in [3.8, 4) is 0 Å². The van der Waals surface area contributed by atoms with Gasteiger partial charge < -0.3 is 35.4 Å². The smallest absolute Gasteiger partial charge is 0.303 e. The van der Waals surface area contributed by atoms with Crippen LogP contribution >= 0.6 is 0 Å². The van der Waals surface area contributed by atoms with Crippen molar-refractivity contribution in [3.63, 3.8) is 0 Å².